The Bertz CT molecular complexity index is 253. The molecule has 0 bridgehead atoms. The molecule has 0 aromatic rings. The van der Waals surface area contributed by atoms with Crippen molar-refractivity contribution in [1.82, 2.24) is 5.32 Å². The van der Waals surface area contributed by atoms with Gasteiger partial charge in [-0.15, -0.1) is 0 Å². The van der Waals surface area contributed by atoms with Gasteiger partial charge in [0.1, 0.15) is 6.04 Å². The van der Waals surface area contributed by atoms with E-state index in [4.69, 9.17) is 0 Å². The van der Waals surface area contributed by atoms with Crippen LogP contribution in [0.15, 0.2) is 0 Å². The maximum Gasteiger partial charge on any atom is 0.328 e. The highest BCUT2D eigenvalue weighted by Crippen LogP contribution is 2.18. The van der Waals surface area contributed by atoms with Crippen LogP contribution in [0.4, 0.5) is 0 Å². The van der Waals surface area contributed by atoms with Crippen LogP contribution in [0, 0.1) is 11.3 Å². The summed E-state index contributed by atoms with van der Waals surface area (Å²) in [6, 6.07) is -0.556. The van der Waals surface area contributed by atoms with E-state index in [0.717, 1.165) is 0 Å². The van der Waals surface area contributed by atoms with Gasteiger partial charge in [0.25, 0.3) is 0 Å². The zero-order chi connectivity index (χ0) is 12.9. The largest absolute Gasteiger partial charge is 0.467 e. The number of methoxy groups -OCH3 is 1. The average molecular weight is 229 g/mol. The minimum absolute atomic E-state index is 0.0244. The van der Waals surface area contributed by atoms with Crippen molar-refractivity contribution in [3.05, 3.63) is 0 Å². The first kappa shape index (κ1) is 14.9. The molecule has 0 radical (unpaired) electrons. The molecule has 16 heavy (non-hydrogen) atoms. The van der Waals surface area contributed by atoms with E-state index in [9.17, 15) is 9.59 Å². The van der Waals surface area contributed by atoms with Gasteiger partial charge in [-0.3, -0.25) is 4.79 Å². The fourth-order valence-electron chi connectivity index (χ4n) is 1.33. The van der Waals surface area contributed by atoms with E-state index in [-0.39, 0.29) is 17.2 Å². The van der Waals surface area contributed by atoms with Crippen molar-refractivity contribution >= 4 is 11.9 Å². The lowest BCUT2D eigenvalue weighted by Crippen LogP contribution is -2.45. The maximum atomic E-state index is 11.7. The summed E-state index contributed by atoms with van der Waals surface area (Å²) < 4.78 is 4.65. The predicted molar refractivity (Wildman–Crippen MR) is 62.9 cm³/mol. The second-order valence-electron chi connectivity index (χ2n) is 5.55. The number of esters is 1. The van der Waals surface area contributed by atoms with Crippen LogP contribution in [-0.4, -0.2) is 25.0 Å². The Morgan fingerprint density at radius 2 is 1.75 bits per heavy atom. The number of amides is 1. The van der Waals surface area contributed by atoms with Crippen molar-refractivity contribution in [3.8, 4) is 0 Å². The summed E-state index contributed by atoms with van der Waals surface area (Å²) in [4.78, 5) is 23.1. The Hall–Kier alpha value is -1.06. The average Bonchev–Trinajstić information content (AvgIpc) is 2.09. The molecule has 0 spiro atoms. The number of hydrogen-bond donors (Lipinski definition) is 1. The Balaban J connectivity index is 4.42. The highest BCUT2D eigenvalue weighted by molar-refractivity contribution is 5.84. The van der Waals surface area contributed by atoms with E-state index in [1.165, 1.54) is 7.11 Å². The lowest BCUT2D eigenvalue weighted by Gasteiger charge is -2.23. The van der Waals surface area contributed by atoms with Gasteiger partial charge < -0.3 is 10.1 Å². The number of hydrogen-bond acceptors (Lipinski definition) is 3. The predicted octanol–water partition coefficient (Wildman–Crippen LogP) is 1.74. The van der Waals surface area contributed by atoms with Gasteiger partial charge in [-0.2, -0.15) is 0 Å². The zero-order valence-electron chi connectivity index (χ0n) is 11.1. The second-order valence-corrected chi connectivity index (χ2v) is 5.55. The molecule has 0 aromatic heterocycles. The van der Waals surface area contributed by atoms with Crippen molar-refractivity contribution < 1.29 is 14.3 Å². The number of carbonyl (C=O) groups excluding carboxylic acids is 2. The summed E-state index contributed by atoms with van der Waals surface area (Å²) in [5.74, 6) is -0.481. The molecular weight excluding hydrogens is 206 g/mol. The summed E-state index contributed by atoms with van der Waals surface area (Å²) in [5.41, 5.74) is -0.0816. The van der Waals surface area contributed by atoms with E-state index in [1.807, 2.05) is 34.6 Å². The van der Waals surface area contributed by atoms with E-state index in [2.05, 4.69) is 10.1 Å². The molecule has 4 heteroatoms. The Kier molecular flexibility index (Phi) is 5.48. The molecule has 0 aliphatic carbocycles. The molecule has 0 fully saturated rings. The van der Waals surface area contributed by atoms with Crippen LogP contribution in [0.3, 0.4) is 0 Å². The van der Waals surface area contributed by atoms with Crippen LogP contribution in [-0.2, 0) is 14.3 Å². The highest BCUT2D eigenvalue weighted by Gasteiger charge is 2.26. The molecule has 94 valence electrons. The topological polar surface area (TPSA) is 55.4 Å². The molecule has 0 saturated carbocycles. The van der Waals surface area contributed by atoms with Gasteiger partial charge in [0.15, 0.2) is 0 Å². The summed E-state index contributed by atoms with van der Waals surface area (Å²) >= 11 is 0. The second kappa shape index (κ2) is 5.87. The molecule has 0 rings (SSSR count). The van der Waals surface area contributed by atoms with E-state index in [1.54, 1.807) is 0 Å². The minimum Gasteiger partial charge on any atom is -0.467 e. The normalized spacial score (nSPS) is 13.4. The zero-order valence-corrected chi connectivity index (χ0v) is 11.1. The molecule has 1 N–H and O–H groups in total. The molecule has 0 heterocycles. The van der Waals surface area contributed by atoms with Gasteiger partial charge in [0.05, 0.1) is 7.11 Å². The Morgan fingerprint density at radius 3 is 2.06 bits per heavy atom. The molecule has 0 aromatic carbocycles. The first-order valence-corrected chi connectivity index (χ1v) is 5.54. The third-order valence-electron chi connectivity index (χ3n) is 2.13. The van der Waals surface area contributed by atoms with E-state index >= 15 is 0 Å². The molecule has 1 unspecified atom stereocenters. The lowest BCUT2D eigenvalue weighted by atomic mass is 9.91. The van der Waals surface area contributed by atoms with Crippen molar-refractivity contribution in [2.75, 3.05) is 7.11 Å². The SMILES string of the molecule is COC(=O)C(NC(=O)CC(C)(C)C)C(C)C. The molecular formula is C12H23NO3. The summed E-state index contributed by atoms with van der Waals surface area (Å²) in [6.45, 7) is 9.69. The summed E-state index contributed by atoms with van der Waals surface area (Å²) in [6.07, 6.45) is 0.396. The Morgan fingerprint density at radius 1 is 1.25 bits per heavy atom. The van der Waals surface area contributed by atoms with Crippen LogP contribution < -0.4 is 5.32 Å². The van der Waals surface area contributed by atoms with Gasteiger partial charge in [-0.05, 0) is 11.3 Å². The van der Waals surface area contributed by atoms with Crippen LogP contribution in [0.25, 0.3) is 0 Å². The van der Waals surface area contributed by atoms with Crippen LogP contribution in [0.1, 0.15) is 41.0 Å². The third kappa shape index (κ3) is 5.73. The third-order valence-corrected chi connectivity index (χ3v) is 2.13. The van der Waals surface area contributed by atoms with Gasteiger partial charge in [-0.1, -0.05) is 34.6 Å². The van der Waals surface area contributed by atoms with Crippen molar-refractivity contribution in [2.45, 2.75) is 47.1 Å². The molecule has 0 aliphatic heterocycles. The van der Waals surface area contributed by atoms with Crippen molar-refractivity contribution in [3.63, 3.8) is 0 Å². The van der Waals surface area contributed by atoms with Gasteiger partial charge >= 0.3 is 5.97 Å². The van der Waals surface area contributed by atoms with E-state index in [0.29, 0.717) is 6.42 Å². The summed E-state index contributed by atoms with van der Waals surface area (Å²) in [7, 11) is 1.33. The fourth-order valence-corrected chi connectivity index (χ4v) is 1.33. The van der Waals surface area contributed by atoms with Crippen LogP contribution in [0.2, 0.25) is 0 Å². The first-order valence-electron chi connectivity index (χ1n) is 5.54. The van der Waals surface area contributed by atoms with Crippen LogP contribution in [0.5, 0.6) is 0 Å². The number of nitrogens with one attached hydrogen (secondary N) is 1. The van der Waals surface area contributed by atoms with Gasteiger partial charge in [0, 0.05) is 6.42 Å². The molecule has 1 atom stereocenters. The quantitative estimate of drug-likeness (QED) is 0.747. The fraction of sp³-hybridized carbons (Fsp3) is 0.833. The molecule has 4 nitrogen and oxygen atoms in total. The van der Waals surface area contributed by atoms with Crippen LogP contribution >= 0.6 is 0 Å². The van der Waals surface area contributed by atoms with Crippen molar-refractivity contribution in [1.29, 1.82) is 0 Å². The molecule has 0 aliphatic rings. The standard InChI is InChI=1S/C12H23NO3/c1-8(2)10(11(15)16-6)13-9(14)7-12(3,4)5/h8,10H,7H2,1-6H3,(H,13,14). The smallest absolute Gasteiger partial charge is 0.328 e. The monoisotopic (exact) mass is 229 g/mol. The van der Waals surface area contributed by atoms with Crippen molar-refractivity contribution in [2.24, 2.45) is 11.3 Å². The summed E-state index contributed by atoms with van der Waals surface area (Å²) in [5, 5.41) is 2.71. The Labute approximate surface area is 97.7 Å². The number of ether oxygens (including phenoxy) is 1. The van der Waals surface area contributed by atoms with Gasteiger partial charge in [-0.25, -0.2) is 4.79 Å². The molecule has 1 amide bonds. The first-order chi connectivity index (χ1) is 7.17. The molecule has 0 saturated heterocycles. The van der Waals surface area contributed by atoms with Gasteiger partial charge in [0.2, 0.25) is 5.91 Å². The lowest BCUT2D eigenvalue weighted by molar-refractivity contribution is -0.146. The number of rotatable bonds is 4. The maximum absolute atomic E-state index is 11.7. The van der Waals surface area contributed by atoms with E-state index < -0.39 is 12.0 Å². The minimum atomic E-state index is -0.556. The number of carbonyl (C=O) groups is 2. The highest BCUT2D eigenvalue weighted by atomic mass is 16.5.